The number of nitrogens with one attached hydrogen (secondary N) is 1. The van der Waals surface area contributed by atoms with Crippen molar-refractivity contribution in [2.24, 2.45) is 0 Å². The first-order valence-electron chi connectivity index (χ1n) is 11.7. The first-order valence-corrected chi connectivity index (χ1v) is 11.7. The third-order valence-corrected chi connectivity index (χ3v) is 6.48. The molecule has 34 heavy (non-hydrogen) atoms. The average molecular weight is 452 g/mol. The molecule has 0 saturated carbocycles. The van der Waals surface area contributed by atoms with Crippen molar-refractivity contribution in [3.05, 3.63) is 84.2 Å². The zero-order chi connectivity index (χ0) is 23.5. The first kappa shape index (κ1) is 22.0. The van der Waals surface area contributed by atoms with Crippen LogP contribution in [0.3, 0.4) is 0 Å². The molecule has 1 aliphatic rings. The van der Waals surface area contributed by atoms with E-state index in [0.717, 1.165) is 65.2 Å². The molecule has 0 bridgehead atoms. The van der Waals surface area contributed by atoms with E-state index in [9.17, 15) is 4.79 Å². The fourth-order valence-electron chi connectivity index (χ4n) is 4.58. The van der Waals surface area contributed by atoms with E-state index in [1.54, 1.807) is 0 Å². The number of para-hydroxylation sites is 1. The molecule has 2 aromatic carbocycles. The maximum atomic E-state index is 13.1. The number of rotatable bonds is 5. The van der Waals surface area contributed by atoms with E-state index in [1.807, 2.05) is 61.7 Å². The Hall–Kier alpha value is -3.77. The molecule has 0 spiro atoms. The van der Waals surface area contributed by atoms with Gasteiger partial charge in [-0.25, -0.2) is 4.98 Å². The van der Waals surface area contributed by atoms with Crippen molar-refractivity contribution in [3.63, 3.8) is 0 Å². The second-order valence-corrected chi connectivity index (χ2v) is 8.85. The van der Waals surface area contributed by atoms with Crippen molar-refractivity contribution in [2.45, 2.75) is 13.3 Å². The van der Waals surface area contributed by atoms with Crippen LogP contribution in [0.5, 0.6) is 0 Å². The van der Waals surface area contributed by atoms with Crippen molar-refractivity contribution in [2.75, 3.05) is 43.4 Å². The number of nitrogens with zero attached hydrogens (tertiary/aromatic N) is 4. The number of aromatic nitrogens is 2. The van der Waals surface area contributed by atoms with Gasteiger partial charge in [-0.15, -0.1) is 0 Å². The number of hydrogen-bond donors (Lipinski definition) is 1. The fourth-order valence-corrected chi connectivity index (χ4v) is 4.58. The minimum atomic E-state index is -0.0998. The number of benzene rings is 2. The van der Waals surface area contributed by atoms with Gasteiger partial charge in [0.05, 0.1) is 23.8 Å². The quantitative estimate of drug-likeness (QED) is 0.483. The molecule has 3 heterocycles. The van der Waals surface area contributed by atoms with E-state index in [4.69, 9.17) is 4.98 Å². The van der Waals surface area contributed by atoms with Crippen LogP contribution in [-0.4, -0.2) is 54.0 Å². The molecule has 6 nitrogen and oxygen atoms in total. The van der Waals surface area contributed by atoms with Crippen LogP contribution >= 0.6 is 0 Å². The van der Waals surface area contributed by atoms with Crippen molar-refractivity contribution < 1.29 is 4.79 Å². The van der Waals surface area contributed by atoms with Crippen molar-refractivity contribution in [1.29, 1.82) is 0 Å². The number of hydrogen-bond acceptors (Lipinski definition) is 5. The Bertz CT molecular complexity index is 1300. The van der Waals surface area contributed by atoms with Gasteiger partial charge >= 0.3 is 0 Å². The maximum Gasteiger partial charge on any atom is 0.230 e. The van der Waals surface area contributed by atoms with Gasteiger partial charge in [0.1, 0.15) is 5.82 Å². The number of carbonyl (C=O) groups excluding carboxylic acids is 1. The van der Waals surface area contributed by atoms with Crippen LogP contribution in [0.15, 0.2) is 72.9 Å². The summed E-state index contributed by atoms with van der Waals surface area (Å²) in [5.74, 6) is 0.466. The number of fused-ring (bicyclic) bond motifs is 1. The summed E-state index contributed by atoms with van der Waals surface area (Å²) in [5.41, 5.74) is 5.98. The molecular weight excluding hydrogens is 422 g/mol. The molecule has 0 atom stereocenters. The Balaban J connectivity index is 1.38. The number of amides is 1. The highest BCUT2D eigenvalue weighted by atomic mass is 16.1. The standard InChI is InChI=1S/C28H29N5O/c1-20-24(28(21-8-4-3-5-9-21)23-10-6-7-11-25(23)30-20)18-27(34)31-26-13-12-22(19-29-26)33-16-14-32(2)15-17-33/h3-13,19H,14-18H2,1-2H3,(H,29,31,34). The van der Waals surface area contributed by atoms with Crippen molar-refractivity contribution in [1.82, 2.24) is 14.9 Å². The van der Waals surface area contributed by atoms with Gasteiger partial charge in [0.25, 0.3) is 0 Å². The SMILES string of the molecule is Cc1nc2ccccc2c(-c2ccccc2)c1CC(=O)Nc1ccc(N2CCN(C)CC2)cn1. The van der Waals surface area contributed by atoms with Crippen LogP contribution < -0.4 is 10.2 Å². The summed E-state index contributed by atoms with van der Waals surface area (Å²) in [6.45, 7) is 6.04. The Labute approximate surface area is 200 Å². The van der Waals surface area contributed by atoms with Gasteiger partial charge in [-0.05, 0) is 48.9 Å². The van der Waals surface area contributed by atoms with E-state index in [2.05, 4.69) is 45.3 Å². The molecule has 2 aromatic heterocycles. The summed E-state index contributed by atoms with van der Waals surface area (Å²) in [5, 5.41) is 4.03. The van der Waals surface area contributed by atoms with Crippen LogP contribution in [-0.2, 0) is 11.2 Å². The number of carbonyl (C=O) groups is 1. The van der Waals surface area contributed by atoms with Gasteiger partial charge in [-0.3, -0.25) is 9.78 Å². The minimum absolute atomic E-state index is 0.0998. The Morgan fingerprint density at radius 3 is 2.41 bits per heavy atom. The summed E-state index contributed by atoms with van der Waals surface area (Å²) in [6, 6.07) is 22.2. The van der Waals surface area contributed by atoms with Crippen LogP contribution in [0.4, 0.5) is 11.5 Å². The molecule has 1 N–H and O–H groups in total. The van der Waals surface area contributed by atoms with Gasteiger partial charge < -0.3 is 15.1 Å². The van der Waals surface area contributed by atoms with Gasteiger partial charge in [0.15, 0.2) is 0 Å². The molecule has 0 unspecified atom stereocenters. The highest BCUT2D eigenvalue weighted by molar-refractivity contribution is 6.00. The Morgan fingerprint density at radius 1 is 0.941 bits per heavy atom. The lowest BCUT2D eigenvalue weighted by atomic mass is 9.92. The number of likely N-dealkylation sites (N-methyl/N-ethyl adjacent to an activating group) is 1. The third-order valence-electron chi connectivity index (χ3n) is 6.48. The third kappa shape index (κ3) is 4.63. The molecule has 1 fully saturated rings. The summed E-state index contributed by atoms with van der Waals surface area (Å²) in [6.07, 6.45) is 2.08. The lowest BCUT2D eigenvalue weighted by Crippen LogP contribution is -2.44. The molecule has 1 amide bonds. The van der Waals surface area contributed by atoms with Crippen LogP contribution in [0.2, 0.25) is 0 Å². The van der Waals surface area contributed by atoms with Gasteiger partial charge in [0.2, 0.25) is 5.91 Å². The van der Waals surface area contributed by atoms with Crippen molar-refractivity contribution in [3.8, 4) is 11.1 Å². The average Bonchev–Trinajstić information content (AvgIpc) is 2.86. The highest BCUT2D eigenvalue weighted by Gasteiger charge is 2.18. The van der Waals surface area contributed by atoms with Gasteiger partial charge in [-0.2, -0.15) is 0 Å². The molecule has 5 rings (SSSR count). The molecule has 6 heteroatoms. The Morgan fingerprint density at radius 2 is 1.68 bits per heavy atom. The van der Waals surface area contributed by atoms with Crippen LogP contribution in [0.1, 0.15) is 11.3 Å². The number of aryl methyl sites for hydroxylation is 1. The molecule has 172 valence electrons. The molecule has 0 aliphatic carbocycles. The topological polar surface area (TPSA) is 61.4 Å². The van der Waals surface area contributed by atoms with E-state index in [0.29, 0.717) is 5.82 Å². The predicted molar refractivity (Wildman–Crippen MR) is 138 cm³/mol. The maximum absolute atomic E-state index is 13.1. The van der Waals surface area contributed by atoms with E-state index < -0.39 is 0 Å². The normalized spacial score (nSPS) is 14.4. The molecule has 1 aliphatic heterocycles. The highest BCUT2D eigenvalue weighted by Crippen LogP contribution is 2.33. The molecule has 1 saturated heterocycles. The van der Waals surface area contributed by atoms with Crippen LogP contribution in [0, 0.1) is 6.92 Å². The van der Waals surface area contributed by atoms with Crippen LogP contribution in [0.25, 0.3) is 22.0 Å². The van der Waals surface area contributed by atoms with E-state index in [1.165, 1.54) is 0 Å². The number of pyridine rings is 2. The van der Waals surface area contributed by atoms with Crippen molar-refractivity contribution >= 4 is 28.3 Å². The predicted octanol–water partition coefficient (Wildman–Crippen LogP) is 4.54. The smallest absolute Gasteiger partial charge is 0.230 e. The van der Waals surface area contributed by atoms with Gasteiger partial charge in [-0.1, -0.05) is 48.5 Å². The minimum Gasteiger partial charge on any atom is -0.368 e. The Kier molecular flexibility index (Phi) is 6.23. The number of anilines is 2. The fraction of sp³-hybridized carbons (Fsp3) is 0.250. The largest absolute Gasteiger partial charge is 0.368 e. The lowest BCUT2D eigenvalue weighted by molar-refractivity contribution is -0.115. The van der Waals surface area contributed by atoms with E-state index >= 15 is 0 Å². The summed E-state index contributed by atoms with van der Waals surface area (Å²) in [7, 11) is 2.14. The molecular formula is C28H29N5O. The second-order valence-electron chi connectivity index (χ2n) is 8.85. The second kappa shape index (κ2) is 9.61. The molecule has 0 radical (unpaired) electrons. The van der Waals surface area contributed by atoms with E-state index in [-0.39, 0.29) is 12.3 Å². The summed E-state index contributed by atoms with van der Waals surface area (Å²) >= 11 is 0. The number of piperazine rings is 1. The lowest BCUT2D eigenvalue weighted by Gasteiger charge is -2.33. The summed E-state index contributed by atoms with van der Waals surface area (Å²) in [4.78, 5) is 27.0. The molecule has 4 aromatic rings. The van der Waals surface area contributed by atoms with Gasteiger partial charge in [0, 0.05) is 37.3 Å². The monoisotopic (exact) mass is 451 g/mol. The summed E-state index contributed by atoms with van der Waals surface area (Å²) < 4.78 is 0. The zero-order valence-corrected chi connectivity index (χ0v) is 19.7. The zero-order valence-electron chi connectivity index (χ0n) is 19.7. The first-order chi connectivity index (χ1) is 16.6.